The van der Waals surface area contributed by atoms with E-state index in [-0.39, 0.29) is 0 Å². The van der Waals surface area contributed by atoms with Crippen molar-refractivity contribution in [2.45, 2.75) is 77.6 Å². The maximum atomic E-state index is 2.66. The van der Waals surface area contributed by atoms with Crippen molar-refractivity contribution in [3.05, 3.63) is 12.2 Å². The summed E-state index contributed by atoms with van der Waals surface area (Å²) in [5.74, 6) is 5.48. The topological polar surface area (TPSA) is 0 Å². The first-order chi connectivity index (χ1) is 9.84. The van der Waals surface area contributed by atoms with Crippen molar-refractivity contribution in [2.24, 2.45) is 35.0 Å². The smallest absolute Gasteiger partial charge is 0.00843 e. The van der Waals surface area contributed by atoms with Gasteiger partial charge in [-0.2, -0.15) is 0 Å². The second kappa shape index (κ2) is 5.18. The van der Waals surface area contributed by atoms with Gasteiger partial charge in [-0.1, -0.05) is 44.8 Å². The molecule has 3 saturated carbocycles. The summed E-state index contributed by atoms with van der Waals surface area (Å²) in [6, 6.07) is 0. The molecule has 4 rings (SSSR count). The zero-order valence-corrected chi connectivity index (χ0v) is 13.3. The average Bonchev–Trinajstić information content (AvgIpc) is 2.91. The number of rotatable bonds is 2. The number of hydrogen-bond acceptors (Lipinski definition) is 0. The molecule has 1 unspecified atom stereocenters. The Morgan fingerprint density at radius 3 is 2.75 bits per heavy atom. The van der Waals surface area contributed by atoms with Crippen LogP contribution in [-0.4, -0.2) is 0 Å². The fourth-order valence-corrected chi connectivity index (χ4v) is 7.00. The summed E-state index contributed by atoms with van der Waals surface area (Å²) in [4.78, 5) is 0. The largest absolute Gasteiger partial charge is 0.0877 e. The molecule has 0 heteroatoms. The molecule has 0 aliphatic heterocycles. The first-order valence-electron chi connectivity index (χ1n) is 9.52. The van der Waals surface area contributed by atoms with E-state index in [4.69, 9.17) is 0 Å². The van der Waals surface area contributed by atoms with Crippen molar-refractivity contribution < 1.29 is 0 Å². The van der Waals surface area contributed by atoms with E-state index >= 15 is 0 Å². The number of fused-ring (bicyclic) bond motifs is 5. The molecule has 4 aliphatic rings. The minimum Gasteiger partial charge on any atom is -0.0877 e. The SMILES string of the molecule is CCC[C@@]12C=CC[C@H]1[C@@H]1CCC3CCCC[C@@H]3[C@H]1CC2. The van der Waals surface area contributed by atoms with Crippen molar-refractivity contribution in [3.8, 4) is 0 Å². The Morgan fingerprint density at radius 2 is 1.85 bits per heavy atom. The molecule has 0 radical (unpaired) electrons. The van der Waals surface area contributed by atoms with Crippen LogP contribution < -0.4 is 0 Å². The van der Waals surface area contributed by atoms with Gasteiger partial charge in [0, 0.05) is 0 Å². The number of hydrogen-bond donors (Lipinski definition) is 0. The minimum absolute atomic E-state index is 0.636. The van der Waals surface area contributed by atoms with Crippen molar-refractivity contribution in [1.29, 1.82) is 0 Å². The Morgan fingerprint density at radius 1 is 0.950 bits per heavy atom. The summed E-state index contributed by atoms with van der Waals surface area (Å²) < 4.78 is 0. The summed E-state index contributed by atoms with van der Waals surface area (Å²) in [5, 5.41) is 0. The monoisotopic (exact) mass is 272 g/mol. The van der Waals surface area contributed by atoms with Crippen LogP contribution in [0.2, 0.25) is 0 Å². The highest BCUT2D eigenvalue weighted by molar-refractivity contribution is 5.16. The second-order valence-electron chi connectivity index (χ2n) is 8.38. The van der Waals surface area contributed by atoms with Gasteiger partial charge in [0.15, 0.2) is 0 Å². The van der Waals surface area contributed by atoms with Crippen LogP contribution in [0.25, 0.3) is 0 Å². The van der Waals surface area contributed by atoms with Crippen molar-refractivity contribution in [1.82, 2.24) is 0 Å². The van der Waals surface area contributed by atoms with Crippen LogP contribution in [-0.2, 0) is 0 Å². The maximum absolute atomic E-state index is 2.66. The first-order valence-corrected chi connectivity index (χ1v) is 9.52. The zero-order valence-electron chi connectivity index (χ0n) is 13.3. The summed E-state index contributed by atoms with van der Waals surface area (Å²) in [7, 11) is 0. The van der Waals surface area contributed by atoms with Crippen LogP contribution >= 0.6 is 0 Å². The quantitative estimate of drug-likeness (QED) is 0.543. The van der Waals surface area contributed by atoms with Crippen LogP contribution in [0.1, 0.15) is 77.6 Å². The van der Waals surface area contributed by atoms with E-state index in [1.54, 1.807) is 32.1 Å². The molecule has 112 valence electrons. The Bertz CT molecular complexity index is 381. The van der Waals surface area contributed by atoms with E-state index in [1.807, 2.05) is 0 Å². The Hall–Kier alpha value is -0.260. The van der Waals surface area contributed by atoms with Gasteiger partial charge in [0.05, 0.1) is 0 Å². The molecule has 6 atom stereocenters. The third kappa shape index (κ3) is 1.93. The molecule has 0 amide bonds. The van der Waals surface area contributed by atoms with E-state index in [9.17, 15) is 0 Å². The lowest BCUT2D eigenvalue weighted by Gasteiger charge is -2.55. The molecule has 0 bridgehead atoms. The lowest BCUT2D eigenvalue weighted by Crippen LogP contribution is -2.47. The normalized spacial score (nSPS) is 50.4. The van der Waals surface area contributed by atoms with Crippen LogP contribution in [0.5, 0.6) is 0 Å². The summed E-state index contributed by atoms with van der Waals surface area (Å²) >= 11 is 0. The molecule has 3 fully saturated rings. The third-order valence-electron chi connectivity index (χ3n) is 7.69. The van der Waals surface area contributed by atoms with E-state index in [0.29, 0.717) is 5.41 Å². The highest BCUT2D eigenvalue weighted by Crippen LogP contribution is 2.61. The van der Waals surface area contributed by atoms with Crippen molar-refractivity contribution in [3.63, 3.8) is 0 Å². The molecule has 0 aromatic carbocycles. The molecule has 0 saturated heterocycles. The van der Waals surface area contributed by atoms with Gasteiger partial charge in [-0.25, -0.2) is 0 Å². The van der Waals surface area contributed by atoms with Crippen molar-refractivity contribution in [2.75, 3.05) is 0 Å². The van der Waals surface area contributed by atoms with Crippen LogP contribution in [0.4, 0.5) is 0 Å². The van der Waals surface area contributed by atoms with Gasteiger partial charge in [0.25, 0.3) is 0 Å². The summed E-state index contributed by atoms with van der Waals surface area (Å²) in [6.45, 7) is 2.39. The van der Waals surface area contributed by atoms with Gasteiger partial charge in [-0.05, 0) is 80.0 Å². The molecule has 0 nitrogen and oxygen atoms in total. The standard InChI is InChI=1S/C20H32/c1-2-12-20-13-5-8-19(20)18-10-9-15-6-3-4-7-16(15)17(18)11-14-20/h5,13,15-19H,2-4,6-12,14H2,1H3/t15?,16-,17+,18+,19-,20-/m0/s1. The van der Waals surface area contributed by atoms with Crippen LogP contribution in [0.3, 0.4) is 0 Å². The fourth-order valence-electron chi connectivity index (χ4n) is 7.00. The third-order valence-corrected chi connectivity index (χ3v) is 7.69. The van der Waals surface area contributed by atoms with Crippen molar-refractivity contribution >= 4 is 0 Å². The highest BCUT2D eigenvalue weighted by Gasteiger charge is 2.52. The van der Waals surface area contributed by atoms with Gasteiger partial charge < -0.3 is 0 Å². The molecular formula is C20H32. The second-order valence-corrected chi connectivity index (χ2v) is 8.38. The molecule has 0 aromatic heterocycles. The lowest BCUT2D eigenvalue weighted by molar-refractivity contribution is -0.0482. The van der Waals surface area contributed by atoms with Gasteiger partial charge in [-0.3, -0.25) is 0 Å². The molecule has 0 spiro atoms. The maximum Gasteiger partial charge on any atom is -0.00843 e. The lowest BCUT2D eigenvalue weighted by atomic mass is 9.50. The van der Waals surface area contributed by atoms with E-state index in [1.165, 1.54) is 38.5 Å². The Labute approximate surface area is 125 Å². The van der Waals surface area contributed by atoms with E-state index in [0.717, 1.165) is 29.6 Å². The summed E-state index contributed by atoms with van der Waals surface area (Å²) in [5.41, 5.74) is 0.636. The average molecular weight is 272 g/mol. The molecule has 0 aromatic rings. The first kappa shape index (κ1) is 13.4. The fraction of sp³-hybridized carbons (Fsp3) is 0.900. The molecule has 0 N–H and O–H groups in total. The van der Waals surface area contributed by atoms with E-state index < -0.39 is 0 Å². The summed E-state index contributed by atoms with van der Waals surface area (Å²) in [6.07, 6.45) is 21.9. The molecule has 0 heterocycles. The van der Waals surface area contributed by atoms with Crippen LogP contribution in [0, 0.1) is 35.0 Å². The molecular weight excluding hydrogens is 240 g/mol. The van der Waals surface area contributed by atoms with Gasteiger partial charge in [0.1, 0.15) is 0 Å². The highest BCUT2D eigenvalue weighted by atomic mass is 14.6. The minimum atomic E-state index is 0.636. The molecule has 4 aliphatic carbocycles. The van der Waals surface area contributed by atoms with Gasteiger partial charge >= 0.3 is 0 Å². The molecule has 20 heavy (non-hydrogen) atoms. The van der Waals surface area contributed by atoms with Gasteiger partial charge in [-0.15, -0.1) is 0 Å². The zero-order chi connectivity index (χ0) is 13.6. The van der Waals surface area contributed by atoms with Crippen LogP contribution in [0.15, 0.2) is 12.2 Å². The van der Waals surface area contributed by atoms with E-state index in [2.05, 4.69) is 19.1 Å². The predicted molar refractivity (Wildman–Crippen MR) is 85.5 cm³/mol. The predicted octanol–water partition coefficient (Wildman–Crippen LogP) is 5.98. The Kier molecular flexibility index (Phi) is 3.47. The van der Waals surface area contributed by atoms with Gasteiger partial charge in [0.2, 0.25) is 0 Å². The number of allylic oxidation sites excluding steroid dienone is 2. The Balaban J connectivity index is 1.57.